The van der Waals surface area contributed by atoms with Crippen LogP contribution in [0.1, 0.15) is 10.7 Å². The van der Waals surface area contributed by atoms with Crippen molar-refractivity contribution in [1.29, 1.82) is 0 Å². The number of rotatable bonds is 3. The monoisotopic (exact) mass is 312 g/mol. The van der Waals surface area contributed by atoms with Crippen molar-refractivity contribution < 1.29 is 4.79 Å². The quantitative estimate of drug-likeness (QED) is 0.853. The standard InChI is InChI=1S/C13H10Cl2N2OS/c1-8-16-10(7-19-8)3-5-13(18)17-12-6-9(14)2-4-11(12)15/h2-7H,1H3,(H,17,18)/b5-3+. The Labute approximate surface area is 124 Å². The second-order valence-electron chi connectivity index (χ2n) is 3.74. The zero-order chi connectivity index (χ0) is 13.8. The van der Waals surface area contributed by atoms with Gasteiger partial charge in [-0.1, -0.05) is 23.2 Å². The molecule has 0 bridgehead atoms. The predicted octanol–water partition coefficient (Wildman–Crippen LogP) is 4.41. The molecule has 0 spiro atoms. The van der Waals surface area contributed by atoms with Crippen LogP contribution in [0.25, 0.3) is 6.08 Å². The van der Waals surface area contributed by atoms with E-state index in [1.54, 1.807) is 24.3 Å². The molecule has 1 amide bonds. The van der Waals surface area contributed by atoms with Gasteiger partial charge in [0.25, 0.3) is 0 Å². The van der Waals surface area contributed by atoms with Crippen LogP contribution in [0.5, 0.6) is 0 Å². The van der Waals surface area contributed by atoms with Gasteiger partial charge < -0.3 is 5.32 Å². The predicted molar refractivity (Wildman–Crippen MR) is 81.0 cm³/mol. The Morgan fingerprint density at radius 1 is 1.42 bits per heavy atom. The lowest BCUT2D eigenvalue weighted by atomic mass is 10.3. The van der Waals surface area contributed by atoms with Crippen molar-refractivity contribution in [2.75, 3.05) is 5.32 Å². The smallest absolute Gasteiger partial charge is 0.248 e. The van der Waals surface area contributed by atoms with Gasteiger partial charge in [0, 0.05) is 16.5 Å². The number of carbonyl (C=O) groups excluding carboxylic acids is 1. The number of carbonyl (C=O) groups is 1. The number of halogens is 2. The molecule has 0 unspecified atom stereocenters. The van der Waals surface area contributed by atoms with Gasteiger partial charge in [0.05, 0.1) is 21.4 Å². The second-order valence-corrected chi connectivity index (χ2v) is 5.64. The molecule has 98 valence electrons. The number of thiazole rings is 1. The third-order valence-corrected chi connectivity index (χ3v) is 3.58. The number of nitrogens with one attached hydrogen (secondary N) is 1. The maximum absolute atomic E-state index is 11.7. The first kappa shape index (κ1) is 14.1. The van der Waals surface area contributed by atoms with Gasteiger partial charge in [-0.2, -0.15) is 0 Å². The number of aryl methyl sites for hydroxylation is 1. The van der Waals surface area contributed by atoms with E-state index in [1.165, 1.54) is 17.4 Å². The number of benzene rings is 1. The Bertz CT molecular complexity index is 637. The van der Waals surface area contributed by atoms with Crippen LogP contribution >= 0.6 is 34.5 Å². The molecule has 1 aromatic heterocycles. The van der Waals surface area contributed by atoms with Gasteiger partial charge >= 0.3 is 0 Å². The number of amides is 1. The molecule has 2 rings (SSSR count). The van der Waals surface area contributed by atoms with Crippen LogP contribution in [-0.4, -0.2) is 10.9 Å². The molecule has 1 N–H and O–H groups in total. The molecule has 3 nitrogen and oxygen atoms in total. The summed E-state index contributed by atoms with van der Waals surface area (Å²) in [6.45, 7) is 1.91. The van der Waals surface area contributed by atoms with E-state index < -0.39 is 0 Å². The molecule has 0 radical (unpaired) electrons. The van der Waals surface area contributed by atoms with Gasteiger partial charge in [0.2, 0.25) is 5.91 Å². The van der Waals surface area contributed by atoms with Crippen molar-refractivity contribution in [3.8, 4) is 0 Å². The van der Waals surface area contributed by atoms with E-state index in [4.69, 9.17) is 23.2 Å². The second kappa shape index (κ2) is 6.19. The highest BCUT2D eigenvalue weighted by atomic mass is 35.5. The van der Waals surface area contributed by atoms with E-state index in [0.717, 1.165) is 10.7 Å². The van der Waals surface area contributed by atoms with Crippen LogP contribution in [0.3, 0.4) is 0 Å². The van der Waals surface area contributed by atoms with Crippen LogP contribution < -0.4 is 5.32 Å². The van der Waals surface area contributed by atoms with Gasteiger partial charge in [-0.15, -0.1) is 11.3 Å². The van der Waals surface area contributed by atoms with Gasteiger partial charge in [0.1, 0.15) is 0 Å². The van der Waals surface area contributed by atoms with Crippen molar-refractivity contribution in [1.82, 2.24) is 4.98 Å². The van der Waals surface area contributed by atoms with E-state index in [1.807, 2.05) is 12.3 Å². The van der Waals surface area contributed by atoms with Gasteiger partial charge in [0.15, 0.2) is 0 Å². The Hall–Kier alpha value is -1.36. The lowest BCUT2D eigenvalue weighted by molar-refractivity contribution is -0.111. The summed E-state index contributed by atoms with van der Waals surface area (Å²) in [6, 6.07) is 4.89. The molecule has 0 aliphatic heterocycles. The summed E-state index contributed by atoms with van der Waals surface area (Å²) in [6.07, 6.45) is 3.06. The molecular weight excluding hydrogens is 303 g/mol. The Morgan fingerprint density at radius 2 is 2.21 bits per heavy atom. The zero-order valence-corrected chi connectivity index (χ0v) is 12.3. The average Bonchev–Trinajstić information content (AvgIpc) is 2.77. The average molecular weight is 313 g/mol. The zero-order valence-electron chi connectivity index (χ0n) is 9.98. The Morgan fingerprint density at radius 3 is 2.89 bits per heavy atom. The van der Waals surface area contributed by atoms with Crippen LogP contribution in [0.2, 0.25) is 10.0 Å². The minimum atomic E-state index is -0.283. The first-order valence-electron chi connectivity index (χ1n) is 5.41. The molecule has 19 heavy (non-hydrogen) atoms. The number of hydrogen-bond acceptors (Lipinski definition) is 3. The molecule has 0 fully saturated rings. The van der Waals surface area contributed by atoms with Crippen molar-refractivity contribution >= 4 is 52.2 Å². The van der Waals surface area contributed by atoms with Crippen molar-refractivity contribution in [3.63, 3.8) is 0 Å². The fourth-order valence-electron chi connectivity index (χ4n) is 1.39. The highest BCUT2D eigenvalue weighted by Gasteiger charge is 2.04. The first-order valence-corrected chi connectivity index (χ1v) is 7.04. The minimum Gasteiger partial charge on any atom is -0.321 e. The summed E-state index contributed by atoms with van der Waals surface area (Å²) in [7, 11) is 0. The molecule has 2 aromatic rings. The summed E-state index contributed by atoms with van der Waals surface area (Å²) in [5, 5.41) is 6.45. The minimum absolute atomic E-state index is 0.283. The fourth-order valence-corrected chi connectivity index (χ4v) is 2.30. The van der Waals surface area contributed by atoms with Crippen LogP contribution in [-0.2, 0) is 4.79 Å². The largest absolute Gasteiger partial charge is 0.321 e. The first-order chi connectivity index (χ1) is 9.04. The molecule has 1 heterocycles. The number of aromatic nitrogens is 1. The normalized spacial score (nSPS) is 10.9. The fraction of sp³-hybridized carbons (Fsp3) is 0.0769. The molecule has 1 aromatic carbocycles. The molecule has 0 saturated heterocycles. The van der Waals surface area contributed by atoms with Gasteiger partial charge in [-0.3, -0.25) is 4.79 Å². The van der Waals surface area contributed by atoms with Crippen LogP contribution in [0.15, 0.2) is 29.7 Å². The van der Waals surface area contributed by atoms with Crippen LogP contribution in [0.4, 0.5) is 5.69 Å². The van der Waals surface area contributed by atoms with E-state index >= 15 is 0 Å². The molecule has 0 aliphatic carbocycles. The molecule has 0 atom stereocenters. The Balaban J connectivity index is 2.05. The van der Waals surface area contributed by atoms with Crippen LogP contribution in [0, 0.1) is 6.92 Å². The summed E-state index contributed by atoms with van der Waals surface area (Å²) in [5.41, 5.74) is 1.24. The van der Waals surface area contributed by atoms with Crippen molar-refractivity contribution in [2.24, 2.45) is 0 Å². The highest BCUT2D eigenvalue weighted by molar-refractivity contribution is 7.09. The molecule has 0 saturated carbocycles. The highest BCUT2D eigenvalue weighted by Crippen LogP contribution is 2.25. The Kier molecular flexibility index (Phi) is 4.58. The third-order valence-electron chi connectivity index (χ3n) is 2.23. The van der Waals surface area contributed by atoms with E-state index in [-0.39, 0.29) is 5.91 Å². The lowest BCUT2D eigenvalue weighted by Gasteiger charge is -2.04. The SMILES string of the molecule is Cc1nc(/C=C/C(=O)Nc2cc(Cl)ccc2Cl)cs1. The topological polar surface area (TPSA) is 42.0 Å². The van der Waals surface area contributed by atoms with E-state index in [9.17, 15) is 4.79 Å². The number of hydrogen-bond donors (Lipinski definition) is 1. The van der Waals surface area contributed by atoms with Crippen molar-refractivity contribution in [3.05, 3.63) is 50.4 Å². The maximum Gasteiger partial charge on any atom is 0.248 e. The van der Waals surface area contributed by atoms with Gasteiger partial charge in [-0.05, 0) is 31.2 Å². The number of nitrogens with zero attached hydrogens (tertiary/aromatic N) is 1. The summed E-state index contributed by atoms with van der Waals surface area (Å²) < 4.78 is 0. The van der Waals surface area contributed by atoms with E-state index in [2.05, 4.69) is 10.3 Å². The molecule has 0 aliphatic rings. The lowest BCUT2D eigenvalue weighted by Crippen LogP contribution is -2.08. The summed E-state index contributed by atoms with van der Waals surface area (Å²) in [5.74, 6) is -0.283. The molecule has 6 heteroatoms. The summed E-state index contributed by atoms with van der Waals surface area (Å²) >= 11 is 13.3. The summed E-state index contributed by atoms with van der Waals surface area (Å²) in [4.78, 5) is 16.0. The van der Waals surface area contributed by atoms with Crippen molar-refractivity contribution in [2.45, 2.75) is 6.92 Å². The maximum atomic E-state index is 11.7. The van der Waals surface area contributed by atoms with Gasteiger partial charge in [-0.25, -0.2) is 4.98 Å². The molecular formula is C13H10Cl2N2OS. The number of anilines is 1. The van der Waals surface area contributed by atoms with E-state index in [0.29, 0.717) is 15.7 Å². The third kappa shape index (κ3) is 4.06.